The van der Waals surface area contributed by atoms with Crippen molar-refractivity contribution in [2.45, 2.75) is 39.3 Å². The molecular weight excluding hydrogens is 170 g/mol. The minimum atomic E-state index is -1.29. The van der Waals surface area contributed by atoms with Gasteiger partial charge < -0.3 is 15.6 Å². The van der Waals surface area contributed by atoms with Crippen LogP contribution in [0.3, 0.4) is 0 Å². The average Bonchev–Trinajstić information content (AvgIpc) is 1.99. The Hall–Kier alpha value is -0.610. The number of rotatable bonds is 5. The van der Waals surface area contributed by atoms with Crippen molar-refractivity contribution in [2.24, 2.45) is 11.7 Å². The smallest absolute Gasteiger partial charge is 0.325 e. The zero-order valence-corrected chi connectivity index (χ0v) is 8.70. The lowest BCUT2D eigenvalue weighted by molar-refractivity contribution is -0.146. The lowest BCUT2D eigenvalue weighted by Crippen LogP contribution is -2.49. The fraction of sp³-hybridized carbons (Fsp3) is 0.889. The molecule has 0 fully saturated rings. The van der Waals surface area contributed by atoms with Crippen molar-refractivity contribution in [3.05, 3.63) is 0 Å². The summed E-state index contributed by atoms with van der Waals surface area (Å²) in [7, 11) is 0. The van der Waals surface area contributed by atoms with Crippen molar-refractivity contribution < 1.29 is 14.6 Å². The molecule has 0 aliphatic heterocycles. The van der Waals surface area contributed by atoms with Crippen LogP contribution in [0, 0.1) is 5.92 Å². The molecule has 2 atom stereocenters. The van der Waals surface area contributed by atoms with Gasteiger partial charge in [-0.2, -0.15) is 0 Å². The zero-order valence-electron chi connectivity index (χ0n) is 8.70. The lowest BCUT2D eigenvalue weighted by atomic mass is 10.1. The summed E-state index contributed by atoms with van der Waals surface area (Å²) in [6.07, 6.45) is 0.0298. The van der Waals surface area contributed by atoms with Crippen LogP contribution in [0.15, 0.2) is 0 Å². The molecule has 0 heterocycles. The van der Waals surface area contributed by atoms with Gasteiger partial charge in [0.25, 0.3) is 0 Å². The SMILES string of the molecule is CC(C)C(C)OCC(C)(N)C(=O)O. The summed E-state index contributed by atoms with van der Waals surface area (Å²) in [6.45, 7) is 7.42. The summed E-state index contributed by atoms with van der Waals surface area (Å²) in [5.74, 6) is -0.673. The van der Waals surface area contributed by atoms with Crippen molar-refractivity contribution in [1.29, 1.82) is 0 Å². The molecule has 0 aromatic heterocycles. The lowest BCUT2D eigenvalue weighted by Gasteiger charge is -2.23. The van der Waals surface area contributed by atoms with Gasteiger partial charge in [-0.1, -0.05) is 13.8 Å². The predicted octanol–water partition coefficient (Wildman–Crippen LogP) is 0.849. The highest BCUT2D eigenvalue weighted by Gasteiger charge is 2.29. The Morgan fingerprint density at radius 3 is 2.31 bits per heavy atom. The number of hydrogen-bond donors (Lipinski definition) is 2. The molecular formula is C9H19NO3. The third kappa shape index (κ3) is 4.24. The molecule has 0 saturated carbocycles. The Morgan fingerprint density at radius 1 is 1.54 bits per heavy atom. The van der Waals surface area contributed by atoms with E-state index in [0.717, 1.165) is 0 Å². The fourth-order valence-electron chi connectivity index (χ4n) is 0.559. The molecule has 0 aliphatic rings. The average molecular weight is 189 g/mol. The molecule has 78 valence electrons. The van der Waals surface area contributed by atoms with E-state index in [-0.39, 0.29) is 12.7 Å². The molecule has 0 spiro atoms. The van der Waals surface area contributed by atoms with E-state index < -0.39 is 11.5 Å². The van der Waals surface area contributed by atoms with Gasteiger partial charge in [-0.15, -0.1) is 0 Å². The maximum atomic E-state index is 10.6. The van der Waals surface area contributed by atoms with E-state index in [1.54, 1.807) is 0 Å². The molecule has 0 rings (SSSR count). The monoisotopic (exact) mass is 189 g/mol. The van der Waals surface area contributed by atoms with Gasteiger partial charge in [0.15, 0.2) is 0 Å². The number of ether oxygens (including phenoxy) is 1. The fourth-order valence-corrected chi connectivity index (χ4v) is 0.559. The van der Waals surface area contributed by atoms with Gasteiger partial charge in [-0.3, -0.25) is 4.79 Å². The second-order valence-electron chi connectivity index (χ2n) is 3.98. The van der Waals surface area contributed by atoms with Crippen LogP contribution in [0.5, 0.6) is 0 Å². The van der Waals surface area contributed by atoms with E-state index in [9.17, 15) is 4.79 Å². The van der Waals surface area contributed by atoms with E-state index in [1.807, 2.05) is 20.8 Å². The second kappa shape index (κ2) is 4.58. The first-order valence-corrected chi connectivity index (χ1v) is 4.41. The number of hydrogen-bond acceptors (Lipinski definition) is 3. The topological polar surface area (TPSA) is 72.5 Å². The molecule has 0 aromatic rings. The maximum absolute atomic E-state index is 10.6. The normalized spacial score (nSPS) is 18.3. The van der Waals surface area contributed by atoms with Gasteiger partial charge >= 0.3 is 5.97 Å². The van der Waals surface area contributed by atoms with E-state index in [4.69, 9.17) is 15.6 Å². The standard InChI is InChI=1S/C9H19NO3/c1-6(2)7(3)13-5-9(4,10)8(11)12/h6-7H,5,10H2,1-4H3,(H,11,12). The third-order valence-corrected chi connectivity index (χ3v) is 2.07. The number of aliphatic carboxylic acids is 1. The minimum Gasteiger partial charge on any atom is -0.480 e. The van der Waals surface area contributed by atoms with Crippen molar-refractivity contribution in [2.75, 3.05) is 6.61 Å². The van der Waals surface area contributed by atoms with Crippen LogP contribution < -0.4 is 5.73 Å². The second-order valence-corrected chi connectivity index (χ2v) is 3.98. The molecule has 0 aromatic carbocycles. The zero-order chi connectivity index (χ0) is 10.6. The van der Waals surface area contributed by atoms with Gasteiger partial charge in [0.2, 0.25) is 0 Å². The van der Waals surface area contributed by atoms with E-state index in [1.165, 1.54) is 6.92 Å². The molecule has 13 heavy (non-hydrogen) atoms. The largest absolute Gasteiger partial charge is 0.480 e. The number of carboxylic acids is 1. The molecule has 0 saturated heterocycles. The first kappa shape index (κ1) is 12.4. The summed E-state index contributed by atoms with van der Waals surface area (Å²) >= 11 is 0. The summed E-state index contributed by atoms with van der Waals surface area (Å²) in [6, 6.07) is 0. The third-order valence-electron chi connectivity index (χ3n) is 2.07. The van der Waals surface area contributed by atoms with Crippen LogP contribution in [0.4, 0.5) is 0 Å². The molecule has 4 nitrogen and oxygen atoms in total. The molecule has 3 N–H and O–H groups in total. The van der Waals surface area contributed by atoms with Crippen molar-refractivity contribution in [3.63, 3.8) is 0 Å². The van der Waals surface area contributed by atoms with Crippen LogP contribution in [0.1, 0.15) is 27.7 Å². The highest BCUT2D eigenvalue weighted by Crippen LogP contribution is 2.08. The van der Waals surface area contributed by atoms with Crippen LogP contribution >= 0.6 is 0 Å². The molecule has 4 heteroatoms. The number of carbonyl (C=O) groups is 1. The van der Waals surface area contributed by atoms with E-state index >= 15 is 0 Å². The molecule has 0 amide bonds. The molecule has 0 radical (unpaired) electrons. The van der Waals surface area contributed by atoms with Crippen molar-refractivity contribution in [1.82, 2.24) is 0 Å². The maximum Gasteiger partial charge on any atom is 0.325 e. The van der Waals surface area contributed by atoms with E-state index in [2.05, 4.69) is 0 Å². The first-order valence-electron chi connectivity index (χ1n) is 4.41. The Kier molecular flexibility index (Phi) is 4.36. The number of nitrogens with two attached hydrogens (primary N) is 1. The summed E-state index contributed by atoms with van der Waals surface area (Å²) in [5, 5.41) is 8.69. The Labute approximate surface area is 79.1 Å². The van der Waals surface area contributed by atoms with Gasteiger partial charge in [-0.25, -0.2) is 0 Å². The van der Waals surface area contributed by atoms with Crippen molar-refractivity contribution in [3.8, 4) is 0 Å². The number of carboxylic acid groups (broad SMARTS) is 1. The Morgan fingerprint density at radius 2 is 2.00 bits per heavy atom. The van der Waals surface area contributed by atoms with Gasteiger partial charge in [0.05, 0.1) is 12.7 Å². The van der Waals surface area contributed by atoms with Crippen LogP contribution in [0.2, 0.25) is 0 Å². The molecule has 0 bridgehead atoms. The van der Waals surface area contributed by atoms with Crippen LogP contribution in [-0.2, 0) is 9.53 Å². The predicted molar refractivity (Wildman–Crippen MR) is 50.5 cm³/mol. The summed E-state index contributed by atoms with van der Waals surface area (Å²) in [5.41, 5.74) is 4.19. The minimum absolute atomic E-state index is 0.0298. The van der Waals surface area contributed by atoms with Crippen LogP contribution in [-0.4, -0.2) is 29.3 Å². The first-order chi connectivity index (χ1) is 5.77. The highest BCUT2D eigenvalue weighted by molar-refractivity contribution is 5.77. The molecule has 2 unspecified atom stereocenters. The quantitative estimate of drug-likeness (QED) is 0.672. The van der Waals surface area contributed by atoms with Crippen LogP contribution in [0.25, 0.3) is 0 Å². The van der Waals surface area contributed by atoms with Gasteiger partial charge in [0.1, 0.15) is 5.54 Å². The van der Waals surface area contributed by atoms with Gasteiger partial charge in [0, 0.05) is 0 Å². The summed E-state index contributed by atoms with van der Waals surface area (Å²) < 4.78 is 5.32. The highest BCUT2D eigenvalue weighted by atomic mass is 16.5. The molecule has 0 aliphatic carbocycles. The Balaban J connectivity index is 3.95. The van der Waals surface area contributed by atoms with E-state index in [0.29, 0.717) is 5.92 Å². The summed E-state index contributed by atoms with van der Waals surface area (Å²) in [4.78, 5) is 10.6. The van der Waals surface area contributed by atoms with Gasteiger partial charge in [-0.05, 0) is 19.8 Å². The van der Waals surface area contributed by atoms with Crippen molar-refractivity contribution >= 4 is 5.97 Å². The Bertz CT molecular complexity index is 178.